The van der Waals surface area contributed by atoms with E-state index in [0.717, 1.165) is 5.56 Å². The van der Waals surface area contributed by atoms with Crippen molar-refractivity contribution in [3.05, 3.63) is 29.8 Å². The van der Waals surface area contributed by atoms with Gasteiger partial charge < -0.3 is 20.3 Å². The summed E-state index contributed by atoms with van der Waals surface area (Å²) in [6, 6.07) is 7.14. The van der Waals surface area contributed by atoms with Crippen molar-refractivity contribution in [2.45, 2.75) is 20.0 Å². The Kier molecular flexibility index (Phi) is 7.25. The van der Waals surface area contributed by atoms with Crippen LogP contribution in [-0.2, 0) is 16.1 Å². The number of benzene rings is 1. The molecule has 0 saturated carbocycles. The van der Waals surface area contributed by atoms with E-state index in [2.05, 4.69) is 10.6 Å². The van der Waals surface area contributed by atoms with Gasteiger partial charge in [-0.25, -0.2) is 4.79 Å². The van der Waals surface area contributed by atoms with Crippen LogP contribution < -0.4 is 10.6 Å². The van der Waals surface area contributed by atoms with E-state index in [1.807, 2.05) is 31.2 Å². The normalized spacial score (nSPS) is 10.0. The average molecular weight is 293 g/mol. The van der Waals surface area contributed by atoms with Crippen molar-refractivity contribution >= 4 is 17.6 Å². The third kappa shape index (κ3) is 6.27. The lowest BCUT2D eigenvalue weighted by atomic mass is 10.2. The molecule has 1 rings (SSSR count). The Morgan fingerprint density at radius 2 is 1.95 bits per heavy atom. The van der Waals surface area contributed by atoms with Crippen LogP contribution in [0.25, 0.3) is 0 Å². The molecule has 0 aromatic heterocycles. The number of amides is 3. The molecule has 1 aromatic rings. The Morgan fingerprint density at radius 3 is 2.62 bits per heavy atom. The number of ether oxygens (including phenoxy) is 1. The van der Waals surface area contributed by atoms with Crippen LogP contribution in [0.2, 0.25) is 0 Å². The second-order valence-corrected chi connectivity index (χ2v) is 4.71. The molecule has 0 radical (unpaired) electrons. The van der Waals surface area contributed by atoms with Crippen molar-refractivity contribution in [1.29, 1.82) is 0 Å². The fourth-order valence-electron chi connectivity index (χ4n) is 1.65. The molecule has 116 valence electrons. The van der Waals surface area contributed by atoms with Crippen LogP contribution in [-0.4, -0.2) is 44.1 Å². The van der Waals surface area contributed by atoms with Crippen LogP contribution in [0.5, 0.6) is 0 Å². The highest BCUT2D eigenvalue weighted by atomic mass is 16.5. The van der Waals surface area contributed by atoms with Gasteiger partial charge in [0, 0.05) is 44.9 Å². The Balaban J connectivity index is 2.45. The number of nitrogens with zero attached hydrogens (tertiary/aromatic N) is 1. The van der Waals surface area contributed by atoms with Gasteiger partial charge in [-0.15, -0.1) is 0 Å². The molecule has 21 heavy (non-hydrogen) atoms. The van der Waals surface area contributed by atoms with E-state index >= 15 is 0 Å². The number of carbonyl (C=O) groups is 2. The van der Waals surface area contributed by atoms with Gasteiger partial charge in [0.1, 0.15) is 0 Å². The van der Waals surface area contributed by atoms with Gasteiger partial charge in [0.15, 0.2) is 0 Å². The summed E-state index contributed by atoms with van der Waals surface area (Å²) >= 11 is 0. The number of carbonyl (C=O) groups excluding carboxylic acids is 2. The van der Waals surface area contributed by atoms with Crippen LogP contribution in [0.1, 0.15) is 18.9 Å². The maximum Gasteiger partial charge on any atom is 0.319 e. The van der Waals surface area contributed by atoms with Crippen molar-refractivity contribution in [2.75, 3.05) is 32.6 Å². The molecule has 6 nitrogen and oxygen atoms in total. The van der Waals surface area contributed by atoms with Crippen molar-refractivity contribution in [2.24, 2.45) is 0 Å². The summed E-state index contributed by atoms with van der Waals surface area (Å²) in [5, 5.41) is 5.43. The quantitative estimate of drug-likeness (QED) is 0.805. The number of nitrogens with one attached hydrogen (secondary N) is 2. The highest BCUT2D eigenvalue weighted by Crippen LogP contribution is 2.15. The van der Waals surface area contributed by atoms with Crippen molar-refractivity contribution in [3.8, 4) is 0 Å². The van der Waals surface area contributed by atoms with Gasteiger partial charge in [-0.3, -0.25) is 4.79 Å². The van der Waals surface area contributed by atoms with Crippen LogP contribution in [0.4, 0.5) is 10.5 Å². The minimum absolute atomic E-state index is 0.0213. The molecule has 0 unspecified atom stereocenters. The molecule has 0 atom stereocenters. The Hall–Kier alpha value is -2.08. The molecule has 0 aliphatic carbocycles. The van der Waals surface area contributed by atoms with Gasteiger partial charge in [0.2, 0.25) is 5.91 Å². The lowest BCUT2D eigenvalue weighted by Gasteiger charge is -2.13. The van der Waals surface area contributed by atoms with Crippen LogP contribution in [0, 0.1) is 0 Å². The topological polar surface area (TPSA) is 70.7 Å². The summed E-state index contributed by atoms with van der Waals surface area (Å²) in [6.45, 7) is 3.29. The second-order valence-electron chi connectivity index (χ2n) is 4.71. The fourth-order valence-corrected chi connectivity index (χ4v) is 1.65. The average Bonchev–Trinajstić information content (AvgIpc) is 2.46. The van der Waals surface area contributed by atoms with Gasteiger partial charge in [-0.05, 0) is 13.0 Å². The maximum atomic E-state index is 11.8. The van der Waals surface area contributed by atoms with E-state index in [1.54, 1.807) is 14.1 Å². The lowest BCUT2D eigenvalue weighted by Crippen LogP contribution is -2.33. The fraction of sp³-hybridized carbons (Fsp3) is 0.467. The molecule has 0 aliphatic heterocycles. The number of hydrogen-bond donors (Lipinski definition) is 2. The maximum absolute atomic E-state index is 11.8. The first-order valence-electron chi connectivity index (χ1n) is 6.95. The number of urea groups is 1. The van der Waals surface area contributed by atoms with E-state index < -0.39 is 0 Å². The van der Waals surface area contributed by atoms with Gasteiger partial charge >= 0.3 is 6.03 Å². The minimum Gasteiger partial charge on any atom is -0.377 e. The van der Waals surface area contributed by atoms with E-state index in [9.17, 15) is 9.59 Å². The smallest absolute Gasteiger partial charge is 0.319 e. The van der Waals surface area contributed by atoms with Crippen LogP contribution >= 0.6 is 0 Å². The summed E-state index contributed by atoms with van der Waals surface area (Å²) in [5.74, 6) is -0.0213. The molecule has 0 spiro atoms. The third-order valence-corrected chi connectivity index (χ3v) is 2.85. The van der Waals surface area contributed by atoms with Crippen LogP contribution in [0.3, 0.4) is 0 Å². The Bertz CT molecular complexity index is 475. The standard InChI is InChI=1S/C15H23N3O3/c1-4-21-11-12-7-5-6-8-13(12)17-15(20)16-10-9-14(19)18(2)3/h5-8H,4,9-11H2,1-3H3,(H2,16,17,20). The first-order valence-corrected chi connectivity index (χ1v) is 6.95. The summed E-state index contributed by atoms with van der Waals surface area (Å²) < 4.78 is 5.36. The largest absolute Gasteiger partial charge is 0.377 e. The second kappa shape index (κ2) is 8.97. The Morgan fingerprint density at radius 1 is 1.24 bits per heavy atom. The monoisotopic (exact) mass is 293 g/mol. The number of hydrogen-bond acceptors (Lipinski definition) is 3. The third-order valence-electron chi connectivity index (χ3n) is 2.85. The molecule has 0 heterocycles. The number of rotatable bonds is 7. The highest BCUT2D eigenvalue weighted by molar-refractivity contribution is 5.90. The predicted molar refractivity (Wildman–Crippen MR) is 82.1 cm³/mol. The Labute approximate surface area is 125 Å². The molecule has 0 saturated heterocycles. The summed E-state index contributed by atoms with van der Waals surface area (Å²) in [6.07, 6.45) is 0.279. The number of para-hydroxylation sites is 1. The van der Waals surface area contributed by atoms with Gasteiger partial charge in [0.25, 0.3) is 0 Å². The van der Waals surface area contributed by atoms with E-state index in [-0.39, 0.29) is 18.4 Å². The highest BCUT2D eigenvalue weighted by Gasteiger charge is 2.08. The molecule has 0 bridgehead atoms. The molecule has 1 aromatic carbocycles. The lowest BCUT2D eigenvalue weighted by molar-refractivity contribution is -0.128. The first kappa shape index (κ1) is 17.0. The molecule has 0 fully saturated rings. The SMILES string of the molecule is CCOCc1ccccc1NC(=O)NCCC(=O)N(C)C. The zero-order chi connectivity index (χ0) is 15.7. The van der Waals surface area contributed by atoms with Gasteiger partial charge in [-0.2, -0.15) is 0 Å². The zero-order valence-electron chi connectivity index (χ0n) is 12.8. The van der Waals surface area contributed by atoms with E-state index in [0.29, 0.717) is 25.4 Å². The van der Waals surface area contributed by atoms with E-state index in [1.165, 1.54) is 4.90 Å². The number of anilines is 1. The zero-order valence-corrected chi connectivity index (χ0v) is 12.8. The van der Waals surface area contributed by atoms with E-state index in [4.69, 9.17) is 4.74 Å². The first-order chi connectivity index (χ1) is 10.0. The molecule has 3 amide bonds. The van der Waals surface area contributed by atoms with Crippen molar-refractivity contribution < 1.29 is 14.3 Å². The molecular weight excluding hydrogens is 270 g/mol. The van der Waals surface area contributed by atoms with Gasteiger partial charge in [-0.1, -0.05) is 18.2 Å². The van der Waals surface area contributed by atoms with Crippen molar-refractivity contribution in [3.63, 3.8) is 0 Å². The summed E-state index contributed by atoms with van der Waals surface area (Å²) in [7, 11) is 3.37. The van der Waals surface area contributed by atoms with Gasteiger partial charge in [0.05, 0.1) is 6.61 Å². The molecule has 2 N–H and O–H groups in total. The molecule has 6 heteroatoms. The summed E-state index contributed by atoms with van der Waals surface area (Å²) in [5.41, 5.74) is 1.63. The molecular formula is C15H23N3O3. The minimum atomic E-state index is -0.328. The van der Waals surface area contributed by atoms with Crippen molar-refractivity contribution in [1.82, 2.24) is 10.2 Å². The van der Waals surface area contributed by atoms with Crippen LogP contribution in [0.15, 0.2) is 24.3 Å². The molecule has 0 aliphatic rings. The summed E-state index contributed by atoms with van der Waals surface area (Å²) in [4.78, 5) is 24.7. The predicted octanol–water partition coefficient (Wildman–Crippen LogP) is 1.82.